The third-order valence-corrected chi connectivity index (χ3v) is 1.74. The summed E-state index contributed by atoms with van der Waals surface area (Å²) in [5.74, 6) is 0. The van der Waals surface area contributed by atoms with Gasteiger partial charge in [-0.25, -0.2) is 0 Å². The van der Waals surface area contributed by atoms with Crippen molar-refractivity contribution < 1.29 is 4.48 Å². The molecule has 0 saturated carbocycles. The lowest BCUT2D eigenvalue weighted by atomic mass is 10.4. The Kier molecular flexibility index (Phi) is 2.00. The lowest BCUT2D eigenvalue weighted by molar-refractivity contribution is -0.840. The van der Waals surface area contributed by atoms with Gasteiger partial charge >= 0.3 is 0 Å². The summed E-state index contributed by atoms with van der Waals surface area (Å²) in [6.07, 6.45) is 5.67. The predicted octanol–water partition coefficient (Wildman–Crippen LogP) is 1.22. The number of hydrogen-bond acceptors (Lipinski definition) is 1. The fourth-order valence-electron chi connectivity index (χ4n) is 1.27. The van der Waals surface area contributed by atoms with E-state index in [2.05, 4.69) is 38.3 Å². The minimum atomic E-state index is 1.00. The Hall–Kier alpha value is -0.500. The smallest absolute Gasteiger partial charge is 0.158 e. The van der Waals surface area contributed by atoms with Gasteiger partial charge in [-0.05, 0) is 6.42 Å². The fourth-order valence-corrected chi connectivity index (χ4v) is 1.27. The Balaban J connectivity index is 2.38. The molecule has 1 rings (SSSR count). The van der Waals surface area contributed by atoms with E-state index in [0.29, 0.717) is 0 Å². The van der Waals surface area contributed by atoms with E-state index in [1.54, 1.807) is 0 Å². The Morgan fingerprint density at radius 2 is 2.20 bits per heavy atom. The van der Waals surface area contributed by atoms with Crippen LogP contribution in [0.25, 0.3) is 0 Å². The monoisotopic (exact) mass is 141 g/mol. The van der Waals surface area contributed by atoms with Crippen LogP contribution >= 0.6 is 0 Å². The summed E-state index contributed by atoms with van der Waals surface area (Å²) in [5, 5.41) is 0. The molecule has 0 bridgehead atoms. The summed E-state index contributed by atoms with van der Waals surface area (Å²) < 4.78 is 1.00. The quantitative estimate of drug-likeness (QED) is 0.523. The highest BCUT2D eigenvalue weighted by molar-refractivity contribution is 4.79. The Morgan fingerprint density at radius 1 is 1.50 bits per heavy atom. The normalized spacial score (nSPS) is 22.1. The minimum absolute atomic E-state index is 1.00. The van der Waals surface area contributed by atoms with Gasteiger partial charge in [0.2, 0.25) is 0 Å². The van der Waals surface area contributed by atoms with E-state index in [-0.39, 0.29) is 0 Å². The zero-order valence-electron chi connectivity index (χ0n) is 7.17. The van der Waals surface area contributed by atoms with E-state index in [1.807, 2.05) is 0 Å². The first kappa shape index (κ1) is 7.61. The molecule has 0 unspecified atom stereocenters. The van der Waals surface area contributed by atoms with Crippen molar-refractivity contribution in [2.75, 3.05) is 27.3 Å². The molecule has 2 nitrogen and oxygen atoms in total. The van der Waals surface area contributed by atoms with Crippen LogP contribution in [0.2, 0.25) is 0 Å². The lowest BCUT2D eigenvalue weighted by Gasteiger charge is -2.23. The van der Waals surface area contributed by atoms with E-state index in [9.17, 15) is 0 Å². The van der Waals surface area contributed by atoms with Crippen molar-refractivity contribution in [3.05, 3.63) is 12.4 Å². The van der Waals surface area contributed by atoms with Crippen molar-refractivity contribution in [1.82, 2.24) is 4.90 Å². The lowest BCUT2D eigenvalue weighted by Crippen LogP contribution is -2.36. The number of rotatable bonds is 2. The van der Waals surface area contributed by atoms with Gasteiger partial charge in [0.15, 0.2) is 6.67 Å². The average molecular weight is 141 g/mol. The molecule has 0 aromatic carbocycles. The van der Waals surface area contributed by atoms with Crippen LogP contribution in [0.5, 0.6) is 0 Å². The van der Waals surface area contributed by atoms with Crippen molar-refractivity contribution in [3.63, 3.8) is 0 Å². The summed E-state index contributed by atoms with van der Waals surface area (Å²) in [7, 11) is 4.43. The molecular formula is C8H17N2+. The van der Waals surface area contributed by atoms with E-state index in [1.165, 1.54) is 13.0 Å². The van der Waals surface area contributed by atoms with Gasteiger partial charge in [-0.15, -0.1) is 0 Å². The molecule has 0 saturated heterocycles. The second-order valence-electron chi connectivity index (χ2n) is 3.53. The molecule has 0 amide bonds. The highest BCUT2D eigenvalue weighted by atomic mass is 15.4. The Labute approximate surface area is 63.3 Å². The van der Waals surface area contributed by atoms with Gasteiger partial charge < -0.3 is 4.90 Å². The van der Waals surface area contributed by atoms with Crippen LogP contribution in [0.15, 0.2) is 12.4 Å². The predicted molar refractivity (Wildman–Crippen MR) is 43.1 cm³/mol. The molecular weight excluding hydrogens is 124 g/mol. The van der Waals surface area contributed by atoms with Gasteiger partial charge in [-0.3, -0.25) is 4.48 Å². The SMILES string of the molecule is CCCN1C=C[N+](C)(C)C1. The largest absolute Gasteiger partial charge is 0.326 e. The standard InChI is InChI=1S/C8H17N2/c1-4-5-9-6-7-10(2,3)8-9/h6-7H,4-5,8H2,1-3H3/q+1. The van der Waals surface area contributed by atoms with Crippen LogP contribution < -0.4 is 0 Å². The molecule has 0 aromatic rings. The second kappa shape index (κ2) is 2.62. The average Bonchev–Trinajstić information content (AvgIpc) is 2.12. The maximum Gasteiger partial charge on any atom is 0.158 e. The van der Waals surface area contributed by atoms with Crippen LogP contribution in [0.1, 0.15) is 13.3 Å². The molecule has 0 spiro atoms. The maximum absolute atomic E-state index is 2.36. The van der Waals surface area contributed by atoms with Crippen molar-refractivity contribution >= 4 is 0 Å². The minimum Gasteiger partial charge on any atom is -0.326 e. The van der Waals surface area contributed by atoms with Gasteiger partial charge in [0.25, 0.3) is 0 Å². The van der Waals surface area contributed by atoms with Crippen molar-refractivity contribution in [3.8, 4) is 0 Å². The van der Waals surface area contributed by atoms with Gasteiger partial charge in [0.1, 0.15) is 6.20 Å². The molecule has 58 valence electrons. The number of quaternary nitrogens is 1. The molecule has 0 N–H and O–H groups in total. The van der Waals surface area contributed by atoms with Crippen molar-refractivity contribution in [1.29, 1.82) is 0 Å². The highest BCUT2D eigenvalue weighted by Gasteiger charge is 2.20. The first-order valence-corrected chi connectivity index (χ1v) is 3.90. The van der Waals surface area contributed by atoms with Crippen LogP contribution in [-0.2, 0) is 0 Å². The molecule has 0 fully saturated rings. The molecule has 1 aliphatic rings. The van der Waals surface area contributed by atoms with Crippen LogP contribution in [0, 0.1) is 0 Å². The second-order valence-corrected chi connectivity index (χ2v) is 3.53. The molecule has 0 atom stereocenters. The first-order chi connectivity index (χ1) is 4.64. The summed E-state index contributed by atoms with van der Waals surface area (Å²) in [6, 6.07) is 0. The molecule has 1 heterocycles. The Bertz CT molecular complexity index is 138. The maximum atomic E-state index is 2.36. The summed E-state index contributed by atoms with van der Waals surface area (Å²) in [5.41, 5.74) is 0. The first-order valence-electron chi connectivity index (χ1n) is 3.90. The summed E-state index contributed by atoms with van der Waals surface area (Å²) >= 11 is 0. The van der Waals surface area contributed by atoms with Gasteiger partial charge in [-0.1, -0.05) is 6.92 Å². The number of nitrogens with zero attached hydrogens (tertiary/aromatic N) is 2. The van der Waals surface area contributed by atoms with E-state index < -0.39 is 0 Å². The molecule has 2 heteroatoms. The van der Waals surface area contributed by atoms with E-state index in [0.717, 1.165) is 11.2 Å². The van der Waals surface area contributed by atoms with Gasteiger partial charge in [0, 0.05) is 6.54 Å². The highest BCUT2D eigenvalue weighted by Crippen LogP contribution is 2.11. The molecule has 0 radical (unpaired) electrons. The van der Waals surface area contributed by atoms with Crippen LogP contribution in [0.4, 0.5) is 0 Å². The topological polar surface area (TPSA) is 3.24 Å². The van der Waals surface area contributed by atoms with Crippen molar-refractivity contribution in [2.24, 2.45) is 0 Å². The fraction of sp³-hybridized carbons (Fsp3) is 0.750. The summed E-state index contributed by atoms with van der Waals surface area (Å²) in [4.78, 5) is 2.36. The van der Waals surface area contributed by atoms with E-state index in [4.69, 9.17) is 0 Å². The summed E-state index contributed by atoms with van der Waals surface area (Å²) in [6.45, 7) is 4.54. The molecule has 1 aliphatic heterocycles. The van der Waals surface area contributed by atoms with Crippen LogP contribution in [-0.4, -0.2) is 36.7 Å². The van der Waals surface area contributed by atoms with Gasteiger partial charge in [-0.2, -0.15) is 0 Å². The Morgan fingerprint density at radius 3 is 2.60 bits per heavy atom. The zero-order valence-corrected chi connectivity index (χ0v) is 7.17. The number of hydrogen-bond donors (Lipinski definition) is 0. The van der Waals surface area contributed by atoms with Crippen molar-refractivity contribution in [2.45, 2.75) is 13.3 Å². The molecule has 10 heavy (non-hydrogen) atoms. The van der Waals surface area contributed by atoms with Gasteiger partial charge in [0.05, 0.1) is 20.3 Å². The molecule has 0 aromatic heterocycles. The third-order valence-electron chi connectivity index (χ3n) is 1.74. The van der Waals surface area contributed by atoms with Crippen LogP contribution in [0.3, 0.4) is 0 Å². The molecule has 0 aliphatic carbocycles. The third kappa shape index (κ3) is 1.74. The van der Waals surface area contributed by atoms with E-state index >= 15 is 0 Å². The zero-order chi connectivity index (χ0) is 7.61.